The van der Waals surface area contributed by atoms with Crippen molar-refractivity contribution in [3.8, 4) is 0 Å². The van der Waals surface area contributed by atoms with Crippen molar-refractivity contribution in [1.82, 2.24) is 15.1 Å². The summed E-state index contributed by atoms with van der Waals surface area (Å²) in [5, 5.41) is 7.10. The Bertz CT molecular complexity index is 389. The highest BCUT2D eigenvalue weighted by molar-refractivity contribution is 5.77. The third-order valence-electron chi connectivity index (χ3n) is 3.32. The van der Waals surface area contributed by atoms with Crippen LogP contribution >= 0.6 is 0 Å². The minimum Gasteiger partial charge on any atom is -0.375 e. The van der Waals surface area contributed by atoms with Gasteiger partial charge in [-0.05, 0) is 25.3 Å². The summed E-state index contributed by atoms with van der Waals surface area (Å²) < 4.78 is 4.90. The average molecular weight is 237 g/mol. The molecule has 0 aromatic carbocycles. The van der Waals surface area contributed by atoms with Crippen LogP contribution in [-0.4, -0.2) is 47.8 Å². The number of nitrogens with zero attached hydrogens (tertiary/aromatic N) is 2. The summed E-state index contributed by atoms with van der Waals surface area (Å²) in [7, 11) is 1.55. The van der Waals surface area contributed by atoms with Gasteiger partial charge in [-0.25, -0.2) is 0 Å². The summed E-state index contributed by atoms with van der Waals surface area (Å²) in [6, 6.07) is 0. The molecule has 2 heterocycles. The second-order valence-electron chi connectivity index (χ2n) is 4.58. The molecule has 17 heavy (non-hydrogen) atoms. The largest absolute Gasteiger partial charge is 0.375 e. The van der Waals surface area contributed by atoms with E-state index in [-0.39, 0.29) is 12.5 Å². The molecule has 0 saturated carbocycles. The van der Waals surface area contributed by atoms with Crippen molar-refractivity contribution in [2.24, 2.45) is 0 Å². The number of nitrogens with one attached hydrogen (secondary N) is 1. The maximum atomic E-state index is 11.8. The van der Waals surface area contributed by atoms with Gasteiger partial charge in [0, 0.05) is 31.8 Å². The molecule has 94 valence electrons. The summed E-state index contributed by atoms with van der Waals surface area (Å²) in [6.45, 7) is 3.83. The van der Waals surface area contributed by atoms with E-state index >= 15 is 0 Å². The first-order valence-electron chi connectivity index (χ1n) is 5.99. The van der Waals surface area contributed by atoms with Crippen LogP contribution in [0.1, 0.15) is 30.0 Å². The molecule has 1 aromatic heterocycles. The van der Waals surface area contributed by atoms with Crippen LogP contribution in [0.25, 0.3) is 0 Å². The molecule has 0 aliphatic carbocycles. The Labute approximate surface area is 101 Å². The predicted octanol–water partition coefficient (Wildman–Crippen LogP) is 1.07. The zero-order valence-electron chi connectivity index (χ0n) is 10.4. The lowest BCUT2D eigenvalue weighted by molar-refractivity contribution is -0.136. The van der Waals surface area contributed by atoms with Crippen molar-refractivity contribution < 1.29 is 9.53 Å². The maximum Gasteiger partial charge on any atom is 0.248 e. The van der Waals surface area contributed by atoms with Crippen molar-refractivity contribution in [2.75, 3.05) is 26.8 Å². The highest BCUT2D eigenvalue weighted by Crippen LogP contribution is 2.27. The molecule has 0 unspecified atom stereocenters. The fourth-order valence-corrected chi connectivity index (χ4v) is 2.42. The normalized spacial score (nSPS) is 20.6. The topological polar surface area (TPSA) is 58.2 Å². The minimum atomic E-state index is 0.0781. The van der Waals surface area contributed by atoms with E-state index in [2.05, 4.69) is 17.1 Å². The number of piperidine rings is 1. The van der Waals surface area contributed by atoms with Crippen LogP contribution in [-0.2, 0) is 9.53 Å². The fourth-order valence-electron chi connectivity index (χ4n) is 2.42. The summed E-state index contributed by atoms with van der Waals surface area (Å²) in [6.07, 6.45) is 3.99. The number of aromatic amines is 1. The van der Waals surface area contributed by atoms with E-state index < -0.39 is 0 Å². The Morgan fingerprint density at radius 1 is 1.71 bits per heavy atom. The number of rotatable bonds is 3. The lowest BCUT2D eigenvalue weighted by atomic mass is 9.93. The first-order chi connectivity index (χ1) is 8.22. The van der Waals surface area contributed by atoms with E-state index in [0.29, 0.717) is 5.92 Å². The van der Waals surface area contributed by atoms with E-state index in [4.69, 9.17) is 4.74 Å². The number of likely N-dealkylation sites (tertiary alicyclic amines) is 1. The van der Waals surface area contributed by atoms with E-state index in [0.717, 1.165) is 25.9 Å². The Morgan fingerprint density at radius 3 is 3.18 bits per heavy atom. The second kappa shape index (κ2) is 5.31. The molecule has 0 bridgehead atoms. The molecule has 1 amide bonds. The first kappa shape index (κ1) is 12.1. The van der Waals surface area contributed by atoms with Crippen LogP contribution in [0.5, 0.6) is 0 Å². The van der Waals surface area contributed by atoms with Gasteiger partial charge >= 0.3 is 0 Å². The smallest absolute Gasteiger partial charge is 0.248 e. The molecule has 2 rings (SSSR count). The monoisotopic (exact) mass is 237 g/mol. The van der Waals surface area contributed by atoms with Gasteiger partial charge in [0.1, 0.15) is 6.61 Å². The number of hydrogen-bond acceptors (Lipinski definition) is 3. The Hall–Kier alpha value is -1.36. The number of hydrogen-bond donors (Lipinski definition) is 1. The predicted molar refractivity (Wildman–Crippen MR) is 63.8 cm³/mol. The van der Waals surface area contributed by atoms with Crippen molar-refractivity contribution in [3.63, 3.8) is 0 Å². The van der Waals surface area contributed by atoms with Gasteiger partial charge in [-0.15, -0.1) is 0 Å². The lowest BCUT2D eigenvalue weighted by Gasteiger charge is -2.32. The van der Waals surface area contributed by atoms with Crippen molar-refractivity contribution >= 4 is 5.91 Å². The molecule has 0 radical (unpaired) electrons. The van der Waals surface area contributed by atoms with E-state index in [9.17, 15) is 4.79 Å². The standard InChI is InChI=1S/C12H19N3O2/c1-9-6-13-14-12(9)10-4-3-5-15(7-10)11(16)8-17-2/h6,10H,3-5,7-8H2,1-2H3,(H,13,14)/t10-/m0/s1. The van der Waals surface area contributed by atoms with Gasteiger partial charge in [-0.2, -0.15) is 5.10 Å². The van der Waals surface area contributed by atoms with Gasteiger partial charge in [0.05, 0.1) is 6.20 Å². The van der Waals surface area contributed by atoms with Crippen LogP contribution in [0.15, 0.2) is 6.20 Å². The molecule has 1 atom stereocenters. The molecule has 1 fully saturated rings. The number of methoxy groups -OCH3 is 1. The molecule has 1 N–H and O–H groups in total. The Kier molecular flexibility index (Phi) is 3.78. The van der Waals surface area contributed by atoms with Crippen LogP contribution in [0.2, 0.25) is 0 Å². The number of ether oxygens (including phenoxy) is 1. The molecule has 1 aliphatic rings. The lowest BCUT2D eigenvalue weighted by Crippen LogP contribution is -2.41. The number of aryl methyl sites for hydroxylation is 1. The molecule has 1 aromatic rings. The second-order valence-corrected chi connectivity index (χ2v) is 4.58. The van der Waals surface area contributed by atoms with Crippen molar-refractivity contribution in [3.05, 3.63) is 17.5 Å². The molecular weight excluding hydrogens is 218 g/mol. The van der Waals surface area contributed by atoms with Crippen LogP contribution in [0.4, 0.5) is 0 Å². The highest BCUT2D eigenvalue weighted by Gasteiger charge is 2.26. The quantitative estimate of drug-likeness (QED) is 0.855. The highest BCUT2D eigenvalue weighted by atomic mass is 16.5. The van der Waals surface area contributed by atoms with E-state index in [1.807, 2.05) is 11.1 Å². The summed E-state index contributed by atoms with van der Waals surface area (Å²) >= 11 is 0. The number of amides is 1. The zero-order valence-corrected chi connectivity index (χ0v) is 10.4. The average Bonchev–Trinajstić information content (AvgIpc) is 2.76. The Morgan fingerprint density at radius 2 is 2.53 bits per heavy atom. The number of aromatic nitrogens is 2. The molecule has 1 saturated heterocycles. The van der Waals surface area contributed by atoms with Gasteiger partial charge in [0.15, 0.2) is 0 Å². The number of carbonyl (C=O) groups is 1. The summed E-state index contributed by atoms with van der Waals surface area (Å²) in [5.41, 5.74) is 2.34. The third-order valence-corrected chi connectivity index (χ3v) is 3.32. The number of carbonyl (C=O) groups excluding carboxylic acids is 1. The molecule has 1 aliphatic heterocycles. The van der Waals surface area contributed by atoms with Crippen LogP contribution in [0.3, 0.4) is 0 Å². The van der Waals surface area contributed by atoms with Gasteiger partial charge in [-0.1, -0.05) is 0 Å². The number of H-pyrrole nitrogens is 1. The van der Waals surface area contributed by atoms with E-state index in [1.54, 1.807) is 7.11 Å². The first-order valence-corrected chi connectivity index (χ1v) is 5.99. The van der Waals surface area contributed by atoms with Gasteiger partial charge in [0.2, 0.25) is 5.91 Å². The zero-order chi connectivity index (χ0) is 12.3. The molecular formula is C12H19N3O2. The molecule has 5 heteroatoms. The van der Waals surface area contributed by atoms with Crippen LogP contribution in [0, 0.1) is 6.92 Å². The Balaban J connectivity index is 2.02. The third kappa shape index (κ3) is 2.66. The minimum absolute atomic E-state index is 0.0781. The van der Waals surface area contributed by atoms with Crippen LogP contribution < -0.4 is 0 Å². The molecule has 0 spiro atoms. The summed E-state index contributed by atoms with van der Waals surface area (Å²) in [4.78, 5) is 13.7. The maximum absolute atomic E-state index is 11.8. The van der Waals surface area contributed by atoms with Gasteiger partial charge < -0.3 is 9.64 Å². The van der Waals surface area contributed by atoms with Gasteiger partial charge in [0.25, 0.3) is 0 Å². The SMILES string of the molecule is COCC(=O)N1CCC[C@H](c2[nH]ncc2C)C1. The van der Waals surface area contributed by atoms with Crippen molar-refractivity contribution in [1.29, 1.82) is 0 Å². The fraction of sp³-hybridized carbons (Fsp3) is 0.667. The summed E-state index contributed by atoms with van der Waals surface area (Å²) in [5.74, 6) is 0.460. The van der Waals surface area contributed by atoms with Gasteiger partial charge in [-0.3, -0.25) is 9.89 Å². The van der Waals surface area contributed by atoms with E-state index in [1.165, 1.54) is 11.3 Å². The van der Waals surface area contributed by atoms with Crippen molar-refractivity contribution in [2.45, 2.75) is 25.7 Å². The molecule has 5 nitrogen and oxygen atoms in total.